The number of esters is 2. The predicted molar refractivity (Wildman–Crippen MR) is 142 cm³/mol. The second-order valence-electron chi connectivity index (χ2n) is 10.3. The SMILES string of the molecule is CCC(=O)OC(C)C[C@@](N)(Cc1ccc(OC(=O)O[C@@H](C)C(C)C)c(OC(=O)OC(C)C(C)C)c1)C(=O)OC. The first-order chi connectivity index (χ1) is 18.1. The van der Waals surface area contributed by atoms with Gasteiger partial charge >= 0.3 is 24.2 Å². The first-order valence-electron chi connectivity index (χ1n) is 13.1. The largest absolute Gasteiger partial charge is 0.514 e. The second-order valence-corrected chi connectivity index (χ2v) is 10.3. The molecular formula is C28H43NO10. The molecule has 0 aliphatic rings. The van der Waals surface area contributed by atoms with Crippen molar-refractivity contribution in [2.24, 2.45) is 17.6 Å². The van der Waals surface area contributed by atoms with Crippen LogP contribution in [0.1, 0.15) is 73.8 Å². The molecule has 0 saturated heterocycles. The number of methoxy groups -OCH3 is 1. The minimum absolute atomic E-state index is 0.0345. The van der Waals surface area contributed by atoms with Gasteiger partial charge < -0.3 is 34.2 Å². The van der Waals surface area contributed by atoms with Crippen LogP contribution in [0.15, 0.2) is 18.2 Å². The van der Waals surface area contributed by atoms with E-state index in [1.807, 2.05) is 27.7 Å². The summed E-state index contributed by atoms with van der Waals surface area (Å²) in [5, 5.41) is 0. The number of hydrogen-bond acceptors (Lipinski definition) is 11. The molecule has 2 N–H and O–H groups in total. The van der Waals surface area contributed by atoms with E-state index in [4.69, 9.17) is 34.2 Å². The van der Waals surface area contributed by atoms with Gasteiger partial charge in [0.15, 0.2) is 11.5 Å². The fraction of sp³-hybridized carbons (Fsp3) is 0.643. The maximum atomic E-state index is 12.7. The van der Waals surface area contributed by atoms with E-state index in [0.717, 1.165) is 0 Å². The van der Waals surface area contributed by atoms with Crippen LogP contribution in [-0.2, 0) is 35.0 Å². The lowest BCUT2D eigenvalue weighted by molar-refractivity contribution is -0.154. The van der Waals surface area contributed by atoms with Crippen LogP contribution in [0.3, 0.4) is 0 Å². The van der Waals surface area contributed by atoms with Gasteiger partial charge in [0, 0.05) is 19.3 Å². The normalized spacial score (nSPS) is 15.0. The predicted octanol–water partition coefficient (Wildman–Crippen LogP) is 4.95. The molecule has 0 aromatic heterocycles. The zero-order chi connectivity index (χ0) is 29.9. The van der Waals surface area contributed by atoms with Crippen molar-refractivity contribution < 1.29 is 47.6 Å². The number of benzene rings is 1. The third-order valence-electron chi connectivity index (χ3n) is 6.22. The molecule has 0 saturated carbocycles. The van der Waals surface area contributed by atoms with Crippen molar-refractivity contribution in [2.45, 2.75) is 98.5 Å². The van der Waals surface area contributed by atoms with Crippen molar-refractivity contribution in [1.29, 1.82) is 0 Å². The minimum Gasteiger partial charge on any atom is -0.468 e. The number of hydrogen-bond donors (Lipinski definition) is 1. The van der Waals surface area contributed by atoms with E-state index in [9.17, 15) is 19.2 Å². The lowest BCUT2D eigenvalue weighted by atomic mass is 9.86. The molecule has 0 fully saturated rings. The zero-order valence-electron chi connectivity index (χ0n) is 24.4. The number of carbonyl (C=O) groups excluding carboxylic acids is 4. The molecule has 11 heteroatoms. The molecule has 0 amide bonds. The summed E-state index contributed by atoms with van der Waals surface area (Å²) < 4.78 is 31.5. The van der Waals surface area contributed by atoms with Crippen molar-refractivity contribution >= 4 is 24.2 Å². The van der Waals surface area contributed by atoms with Crippen LogP contribution in [0, 0.1) is 11.8 Å². The highest BCUT2D eigenvalue weighted by Crippen LogP contribution is 2.32. The van der Waals surface area contributed by atoms with Crippen molar-refractivity contribution in [3.05, 3.63) is 23.8 Å². The highest BCUT2D eigenvalue weighted by Gasteiger charge is 2.38. The van der Waals surface area contributed by atoms with Gasteiger partial charge in [0.1, 0.15) is 23.9 Å². The molecule has 220 valence electrons. The molecule has 39 heavy (non-hydrogen) atoms. The maximum absolute atomic E-state index is 12.7. The van der Waals surface area contributed by atoms with Crippen LogP contribution < -0.4 is 15.2 Å². The van der Waals surface area contributed by atoms with E-state index in [0.29, 0.717) is 5.56 Å². The fourth-order valence-electron chi connectivity index (χ4n) is 3.29. The zero-order valence-corrected chi connectivity index (χ0v) is 24.4. The lowest BCUT2D eigenvalue weighted by Crippen LogP contribution is -2.53. The van der Waals surface area contributed by atoms with Crippen LogP contribution in [-0.4, -0.2) is 55.2 Å². The summed E-state index contributed by atoms with van der Waals surface area (Å²) >= 11 is 0. The van der Waals surface area contributed by atoms with Crippen LogP contribution in [0.25, 0.3) is 0 Å². The molecule has 0 spiro atoms. The van der Waals surface area contributed by atoms with E-state index in [1.54, 1.807) is 33.8 Å². The average Bonchev–Trinajstić information content (AvgIpc) is 2.84. The summed E-state index contributed by atoms with van der Waals surface area (Å²) in [5.41, 5.74) is 5.32. The number of nitrogens with two attached hydrogens (primary N) is 1. The molecule has 1 aromatic rings. The second kappa shape index (κ2) is 15.3. The van der Waals surface area contributed by atoms with Gasteiger partial charge in [-0.15, -0.1) is 0 Å². The Morgan fingerprint density at radius 2 is 1.33 bits per heavy atom. The molecule has 0 heterocycles. The molecule has 2 unspecified atom stereocenters. The topological polar surface area (TPSA) is 150 Å². The number of rotatable bonds is 13. The smallest absolute Gasteiger partial charge is 0.468 e. The van der Waals surface area contributed by atoms with E-state index >= 15 is 0 Å². The fourth-order valence-corrected chi connectivity index (χ4v) is 3.29. The summed E-state index contributed by atoms with van der Waals surface area (Å²) in [5.74, 6) is -1.30. The third-order valence-corrected chi connectivity index (χ3v) is 6.22. The van der Waals surface area contributed by atoms with Crippen LogP contribution in [0.2, 0.25) is 0 Å². The third kappa shape index (κ3) is 11.1. The molecule has 1 aromatic carbocycles. The van der Waals surface area contributed by atoms with E-state index in [1.165, 1.54) is 19.2 Å². The average molecular weight is 554 g/mol. The van der Waals surface area contributed by atoms with Crippen LogP contribution in [0.4, 0.5) is 9.59 Å². The molecule has 0 aliphatic carbocycles. The van der Waals surface area contributed by atoms with Gasteiger partial charge in [-0.3, -0.25) is 9.59 Å². The van der Waals surface area contributed by atoms with Crippen molar-refractivity contribution in [2.75, 3.05) is 7.11 Å². The Labute approximate surface area is 230 Å². The highest BCUT2D eigenvalue weighted by molar-refractivity contribution is 5.81. The number of carbonyl (C=O) groups is 4. The van der Waals surface area contributed by atoms with Crippen LogP contribution in [0.5, 0.6) is 11.5 Å². The summed E-state index contributed by atoms with van der Waals surface area (Å²) in [6, 6.07) is 4.35. The Balaban J connectivity index is 3.31. The highest BCUT2D eigenvalue weighted by atomic mass is 16.8. The van der Waals surface area contributed by atoms with Gasteiger partial charge in [0.05, 0.1) is 7.11 Å². The summed E-state index contributed by atoms with van der Waals surface area (Å²) in [4.78, 5) is 49.2. The molecule has 11 nitrogen and oxygen atoms in total. The Morgan fingerprint density at radius 3 is 1.79 bits per heavy atom. The Hall–Kier alpha value is -3.34. The Bertz CT molecular complexity index is 993. The minimum atomic E-state index is -1.58. The van der Waals surface area contributed by atoms with Crippen molar-refractivity contribution in [3.63, 3.8) is 0 Å². The maximum Gasteiger partial charge on any atom is 0.514 e. The first kappa shape index (κ1) is 33.7. The van der Waals surface area contributed by atoms with Gasteiger partial charge in [-0.25, -0.2) is 9.59 Å². The summed E-state index contributed by atoms with van der Waals surface area (Å²) in [6.07, 6.45) is -3.45. The van der Waals surface area contributed by atoms with E-state index < -0.39 is 48.1 Å². The molecule has 1 rings (SSSR count). The number of ether oxygens (including phenoxy) is 6. The monoisotopic (exact) mass is 553 g/mol. The van der Waals surface area contributed by atoms with Gasteiger partial charge in [0.25, 0.3) is 0 Å². The van der Waals surface area contributed by atoms with Gasteiger partial charge in [-0.1, -0.05) is 40.7 Å². The Kier molecular flexibility index (Phi) is 13.2. The van der Waals surface area contributed by atoms with Gasteiger partial charge in [-0.05, 0) is 50.3 Å². The van der Waals surface area contributed by atoms with Gasteiger partial charge in [0.2, 0.25) is 0 Å². The summed E-state index contributed by atoms with van der Waals surface area (Å²) in [7, 11) is 1.20. The lowest BCUT2D eigenvalue weighted by Gasteiger charge is -2.29. The molecule has 0 radical (unpaired) electrons. The van der Waals surface area contributed by atoms with Crippen molar-refractivity contribution in [1.82, 2.24) is 0 Å². The molecular weight excluding hydrogens is 510 g/mol. The quantitative estimate of drug-likeness (QED) is 0.201. The van der Waals surface area contributed by atoms with Crippen molar-refractivity contribution in [3.8, 4) is 11.5 Å². The van der Waals surface area contributed by atoms with E-state index in [2.05, 4.69) is 0 Å². The van der Waals surface area contributed by atoms with E-state index in [-0.39, 0.29) is 42.6 Å². The molecule has 4 atom stereocenters. The van der Waals surface area contributed by atoms with Gasteiger partial charge in [-0.2, -0.15) is 0 Å². The Morgan fingerprint density at radius 1 is 0.821 bits per heavy atom. The molecule has 0 bridgehead atoms. The van der Waals surface area contributed by atoms with Crippen LogP contribution >= 0.6 is 0 Å². The first-order valence-corrected chi connectivity index (χ1v) is 13.1. The standard InChI is InChI=1S/C28H43NO10/c1-10-24(30)35-18(6)14-28(29,25(31)34-9)15-21-11-12-22(38-26(32)36-19(7)16(2)3)23(13-21)39-27(33)37-20(8)17(4)5/h11-13,16-20H,10,14-15,29H2,1-9H3/t18?,19-,20?,28+/m0/s1. The molecule has 0 aliphatic heterocycles. The summed E-state index contributed by atoms with van der Waals surface area (Å²) in [6.45, 7) is 14.3.